The molecule has 4 nitrogen and oxygen atoms in total. The van der Waals surface area contributed by atoms with Crippen molar-refractivity contribution < 1.29 is 8.42 Å². The minimum atomic E-state index is -3.02. The van der Waals surface area contributed by atoms with Gasteiger partial charge in [0, 0.05) is 19.1 Å². The molecular weight excluding hydrogens is 188 g/mol. The third-order valence-corrected chi connectivity index (χ3v) is 3.01. The molecule has 0 aromatic heterocycles. The third-order valence-electron chi connectivity index (χ3n) is 2.28. The highest BCUT2D eigenvalue weighted by Crippen LogP contribution is 2.32. The molecule has 1 rings (SSSR count). The van der Waals surface area contributed by atoms with E-state index in [2.05, 4.69) is 17.0 Å². The maximum absolute atomic E-state index is 10.7. The van der Waals surface area contributed by atoms with Crippen LogP contribution in [0.1, 0.15) is 19.8 Å². The lowest BCUT2D eigenvalue weighted by atomic mass is 10.2. The molecule has 1 fully saturated rings. The van der Waals surface area contributed by atoms with E-state index in [1.165, 1.54) is 19.1 Å². The van der Waals surface area contributed by atoms with Crippen LogP contribution in [0.2, 0.25) is 0 Å². The Balaban J connectivity index is 2.00. The van der Waals surface area contributed by atoms with E-state index in [0.717, 1.165) is 5.92 Å². The minimum Gasteiger partial charge on any atom is -0.313 e. The van der Waals surface area contributed by atoms with Gasteiger partial charge in [0.1, 0.15) is 0 Å². The lowest BCUT2D eigenvalue weighted by Crippen LogP contribution is -2.36. The summed E-state index contributed by atoms with van der Waals surface area (Å²) in [5, 5.41) is 3.29. The van der Waals surface area contributed by atoms with Crippen molar-refractivity contribution in [3.63, 3.8) is 0 Å². The molecule has 0 aliphatic heterocycles. The third kappa shape index (κ3) is 5.23. The van der Waals surface area contributed by atoms with E-state index < -0.39 is 10.0 Å². The number of nitrogens with one attached hydrogen (secondary N) is 2. The van der Waals surface area contributed by atoms with Crippen molar-refractivity contribution in [2.24, 2.45) is 5.92 Å². The molecular formula is C8H18N2O2S. The summed E-state index contributed by atoms with van der Waals surface area (Å²) in [5.74, 6) is 0.818. The molecule has 0 saturated heterocycles. The topological polar surface area (TPSA) is 58.2 Å². The molecule has 0 heterocycles. The van der Waals surface area contributed by atoms with Gasteiger partial charge in [0.25, 0.3) is 0 Å². The summed E-state index contributed by atoms with van der Waals surface area (Å²) in [6.07, 6.45) is 3.80. The van der Waals surface area contributed by atoms with Crippen LogP contribution < -0.4 is 10.0 Å². The van der Waals surface area contributed by atoms with E-state index in [1.54, 1.807) is 0 Å². The molecule has 1 atom stereocenters. The molecule has 1 saturated carbocycles. The second-order valence-corrected chi connectivity index (χ2v) is 5.58. The van der Waals surface area contributed by atoms with Crippen molar-refractivity contribution >= 4 is 10.0 Å². The lowest BCUT2D eigenvalue weighted by Gasteiger charge is -2.12. The largest absolute Gasteiger partial charge is 0.313 e. The van der Waals surface area contributed by atoms with Gasteiger partial charge in [-0.25, -0.2) is 13.1 Å². The molecule has 1 aliphatic carbocycles. The molecule has 0 aromatic rings. The average Bonchev–Trinajstić information content (AvgIpc) is 2.77. The van der Waals surface area contributed by atoms with Crippen LogP contribution in [0.25, 0.3) is 0 Å². The van der Waals surface area contributed by atoms with Crippen LogP contribution >= 0.6 is 0 Å². The zero-order valence-electron chi connectivity index (χ0n) is 8.21. The summed E-state index contributed by atoms with van der Waals surface area (Å²) in [7, 11) is -3.02. The summed E-state index contributed by atoms with van der Waals surface area (Å²) < 4.78 is 23.8. The van der Waals surface area contributed by atoms with Crippen molar-refractivity contribution in [3.05, 3.63) is 0 Å². The van der Waals surface area contributed by atoms with Crippen LogP contribution in [0, 0.1) is 5.92 Å². The molecule has 0 aromatic carbocycles. The fraction of sp³-hybridized carbons (Fsp3) is 1.00. The van der Waals surface area contributed by atoms with Gasteiger partial charge in [-0.2, -0.15) is 0 Å². The number of hydrogen-bond donors (Lipinski definition) is 2. The molecule has 5 heteroatoms. The molecule has 0 spiro atoms. The molecule has 13 heavy (non-hydrogen) atoms. The van der Waals surface area contributed by atoms with Crippen LogP contribution in [-0.4, -0.2) is 33.8 Å². The van der Waals surface area contributed by atoms with Crippen LogP contribution in [-0.2, 0) is 10.0 Å². The Morgan fingerprint density at radius 2 is 2.00 bits per heavy atom. The van der Waals surface area contributed by atoms with Gasteiger partial charge >= 0.3 is 0 Å². The summed E-state index contributed by atoms with van der Waals surface area (Å²) in [5.41, 5.74) is 0. The molecule has 2 N–H and O–H groups in total. The summed E-state index contributed by atoms with van der Waals surface area (Å²) >= 11 is 0. The maximum Gasteiger partial charge on any atom is 0.208 e. The Kier molecular flexibility index (Phi) is 3.70. The number of sulfonamides is 1. The first kappa shape index (κ1) is 10.9. The monoisotopic (exact) mass is 206 g/mol. The molecule has 1 aliphatic rings. The van der Waals surface area contributed by atoms with E-state index in [4.69, 9.17) is 0 Å². The van der Waals surface area contributed by atoms with Crippen molar-refractivity contribution in [1.82, 2.24) is 10.0 Å². The molecule has 0 radical (unpaired) electrons. The van der Waals surface area contributed by atoms with Gasteiger partial charge in [-0.3, -0.25) is 0 Å². The average molecular weight is 206 g/mol. The van der Waals surface area contributed by atoms with E-state index >= 15 is 0 Å². The predicted octanol–water partition coefficient (Wildman–Crippen LogP) is -0.0763. The highest BCUT2D eigenvalue weighted by Gasteiger charge is 2.27. The lowest BCUT2D eigenvalue weighted by molar-refractivity contribution is 0.496. The van der Waals surface area contributed by atoms with Gasteiger partial charge in [0.2, 0.25) is 10.0 Å². The van der Waals surface area contributed by atoms with Crippen molar-refractivity contribution in [1.29, 1.82) is 0 Å². The van der Waals surface area contributed by atoms with E-state index in [1.807, 2.05) is 0 Å². The smallest absolute Gasteiger partial charge is 0.208 e. The Morgan fingerprint density at radius 3 is 2.46 bits per heavy atom. The Morgan fingerprint density at radius 1 is 1.38 bits per heavy atom. The first-order chi connectivity index (χ1) is 5.99. The molecule has 0 bridgehead atoms. The van der Waals surface area contributed by atoms with E-state index in [-0.39, 0.29) is 0 Å². The number of hydrogen-bond acceptors (Lipinski definition) is 3. The zero-order valence-corrected chi connectivity index (χ0v) is 9.02. The number of rotatable bonds is 6. The fourth-order valence-corrected chi connectivity index (χ4v) is 1.77. The zero-order chi connectivity index (χ0) is 9.90. The highest BCUT2D eigenvalue weighted by molar-refractivity contribution is 7.88. The minimum absolute atomic E-state index is 0.482. The van der Waals surface area contributed by atoms with Gasteiger partial charge < -0.3 is 5.32 Å². The van der Waals surface area contributed by atoms with Gasteiger partial charge in [-0.15, -0.1) is 0 Å². The van der Waals surface area contributed by atoms with Crippen molar-refractivity contribution in [2.45, 2.75) is 25.8 Å². The van der Waals surface area contributed by atoms with Gasteiger partial charge in [-0.1, -0.05) is 0 Å². The fourth-order valence-electron chi connectivity index (χ4n) is 1.30. The van der Waals surface area contributed by atoms with E-state index in [9.17, 15) is 8.42 Å². The first-order valence-corrected chi connectivity index (χ1v) is 6.56. The SMILES string of the molecule is CC(NCCNS(C)(=O)=O)C1CC1. The van der Waals surface area contributed by atoms with Gasteiger partial charge in [-0.05, 0) is 25.7 Å². The Labute approximate surface area is 80.1 Å². The summed E-state index contributed by atoms with van der Waals surface area (Å²) in [6, 6.07) is 0.529. The van der Waals surface area contributed by atoms with Gasteiger partial charge in [0.05, 0.1) is 6.26 Å². The highest BCUT2D eigenvalue weighted by atomic mass is 32.2. The summed E-state index contributed by atoms with van der Waals surface area (Å²) in [6.45, 7) is 3.35. The quantitative estimate of drug-likeness (QED) is 0.598. The van der Waals surface area contributed by atoms with Crippen molar-refractivity contribution in [2.75, 3.05) is 19.3 Å². The predicted molar refractivity (Wildman–Crippen MR) is 53.0 cm³/mol. The standard InChI is InChI=1S/C8H18N2O2S/c1-7(8-3-4-8)9-5-6-10-13(2,11)12/h7-10H,3-6H2,1-2H3. The van der Waals surface area contributed by atoms with Crippen LogP contribution in [0.3, 0.4) is 0 Å². The summed E-state index contributed by atoms with van der Waals surface area (Å²) in [4.78, 5) is 0. The maximum atomic E-state index is 10.7. The normalized spacial score (nSPS) is 20.2. The first-order valence-electron chi connectivity index (χ1n) is 4.67. The van der Waals surface area contributed by atoms with Crippen LogP contribution in [0.5, 0.6) is 0 Å². The Bertz CT molecular complexity index is 247. The van der Waals surface area contributed by atoms with Gasteiger partial charge in [0.15, 0.2) is 0 Å². The van der Waals surface area contributed by atoms with Crippen LogP contribution in [0.4, 0.5) is 0 Å². The second-order valence-electron chi connectivity index (χ2n) is 3.75. The van der Waals surface area contributed by atoms with Crippen molar-refractivity contribution in [3.8, 4) is 0 Å². The van der Waals surface area contributed by atoms with E-state index in [0.29, 0.717) is 19.1 Å². The second kappa shape index (κ2) is 4.39. The molecule has 0 amide bonds. The van der Waals surface area contributed by atoms with Crippen LogP contribution in [0.15, 0.2) is 0 Å². The molecule has 78 valence electrons. The molecule has 1 unspecified atom stereocenters. The Hall–Kier alpha value is -0.130.